The molecular formula is C21H24N4O4S2. The second-order valence-electron chi connectivity index (χ2n) is 7.50. The van der Waals surface area contributed by atoms with Crippen LogP contribution in [0.3, 0.4) is 0 Å². The van der Waals surface area contributed by atoms with Crippen LogP contribution in [0.5, 0.6) is 0 Å². The normalized spacial score (nSPS) is 15.3. The van der Waals surface area contributed by atoms with Gasteiger partial charge in [-0.05, 0) is 49.6 Å². The van der Waals surface area contributed by atoms with E-state index < -0.39 is 10.0 Å². The van der Waals surface area contributed by atoms with Crippen molar-refractivity contribution in [2.75, 3.05) is 18.4 Å². The fourth-order valence-electron chi connectivity index (χ4n) is 3.62. The van der Waals surface area contributed by atoms with Gasteiger partial charge in [0.15, 0.2) is 0 Å². The minimum Gasteiger partial charge on any atom is -0.325 e. The maximum atomic E-state index is 12.7. The van der Waals surface area contributed by atoms with Gasteiger partial charge in [0.25, 0.3) is 5.56 Å². The molecule has 4 rings (SSSR count). The van der Waals surface area contributed by atoms with Gasteiger partial charge in [0.05, 0.1) is 16.6 Å². The number of hydrogen-bond acceptors (Lipinski definition) is 6. The summed E-state index contributed by atoms with van der Waals surface area (Å²) in [7, 11) is -3.51. The van der Waals surface area contributed by atoms with Crippen LogP contribution in [0.1, 0.15) is 31.1 Å². The number of carbonyl (C=O) groups is 1. The average molecular weight is 461 g/mol. The molecule has 0 spiro atoms. The summed E-state index contributed by atoms with van der Waals surface area (Å²) in [4.78, 5) is 31.3. The lowest BCUT2D eigenvalue weighted by Crippen LogP contribution is -2.35. The van der Waals surface area contributed by atoms with Crippen LogP contribution in [0.25, 0.3) is 10.2 Å². The van der Waals surface area contributed by atoms with Crippen molar-refractivity contribution in [3.8, 4) is 0 Å². The summed E-state index contributed by atoms with van der Waals surface area (Å²) in [6.45, 7) is 2.92. The SMILES string of the molecule is CCc1cc2c(=O)n(CC(=O)Nc3ccc(S(=O)(=O)N4CCCCC4)cc3)cnc2s1. The third-order valence-electron chi connectivity index (χ3n) is 5.32. The molecule has 0 saturated carbocycles. The Labute approximate surface area is 184 Å². The van der Waals surface area contributed by atoms with Crippen LogP contribution >= 0.6 is 11.3 Å². The molecule has 10 heteroatoms. The number of anilines is 1. The topological polar surface area (TPSA) is 101 Å². The van der Waals surface area contributed by atoms with Crippen LogP contribution in [-0.2, 0) is 27.8 Å². The highest BCUT2D eigenvalue weighted by Gasteiger charge is 2.25. The van der Waals surface area contributed by atoms with E-state index in [-0.39, 0.29) is 22.9 Å². The van der Waals surface area contributed by atoms with Crippen molar-refractivity contribution in [2.45, 2.75) is 44.0 Å². The van der Waals surface area contributed by atoms with Gasteiger partial charge >= 0.3 is 0 Å². The van der Waals surface area contributed by atoms with Gasteiger partial charge in [-0.15, -0.1) is 11.3 Å². The number of fused-ring (bicyclic) bond motifs is 1. The summed E-state index contributed by atoms with van der Waals surface area (Å²) in [5.41, 5.74) is 0.215. The van der Waals surface area contributed by atoms with E-state index >= 15 is 0 Å². The van der Waals surface area contributed by atoms with Crippen LogP contribution in [0.15, 0.2) is 46.3 Å². The summed E-state index contributed by atoms with van der Waals surface area (Å²) in [5.74, 6) is -0.388. The molecule has 8 nitrogen and oxygen atoms in total. The lowest BCUT2D eigenvalue weighted by molar-refractivity contribution is -0.116. The highest BCUT2D eigenvalue weighted by molar-refractivity contribution is 7.89. The number of piperidine rings is 1. The predicted molar refractivity (Wildman–Crippen MR) is 121 cm³/mol. The van der Waals surface area contributed by atoms with Crippen molar-refractivity contribution in [3.63, 3.8) is 0 Å². The lowest BCUT2D eigenvalue weighted by atomic mass is 10.2. The molecule has 3 heterocycles. The molecule has 0 bridgehead atoms. The molecule has 0 radical (unpaired) electrons. The zero-order valence-electron chi connectivity index (χ0n) is 17.2. The highest BCUT2D eigenvalue weighted by atomic mass is 32.2. The predicted octanol–water partition coefficient (Wildman–Crippen LogP) is 2.83. The molecule has 1 fully saturated rings. The van der Waals surface area contributed by atoms with Crippen LogP contribution in [0.4, 0.5) is 5.69 Å². The summed E-state index contributed by atoms with van der Waals surface area (Å²) in [6, 6.07) is 7.94. The van der Waals surface area contributed by atoms with Gasteiger partial charge in [-0.3, -0.25) is 14.2 Å². The molecule has 0 atom stereocenters. The number of thiophene rings is 1. The molecule has 1 saturated heterocycles. The summed E-state index contributed by atoms with van der Waals surface area (Å²) in [6.07, 6.45) is 5.00. The van der Waals surface area contributed by atoms with E-state index in [4.69, 9.17) is 0 Å². The van der Waals surface area contributed by atoms with Crippen LogP contribution in [0, 0.1) is 0 Å². The molecule has 1 aliphatic heterocycles. The molecule has 2 aromatic heterocycles. The first-order valence-corrected chi connectivity index (χ1v) is 12.5. The molecule has 164 valence electrons. The van der Waals surface area contributed by atoms with Crippen LogP contribution < -0.4 is 10.9 Å². The van der Waals surface area contributed by atoms with Crippen molar-refractivity contribution >= 4 is 43.2 Å². The first-order valence-electron chi connectivity index (χ1n) is 10.3. The number of amides is 1. The Hall–Kier alpha value is -2.56. The Balaban J connectivity index is 1.45. The van der Waals surface area contributed by atoms with E-state index in [2.05, 4.69) is 10.3 Å². The minimum absolute atomic E-state index is 0.174. The van der Waals surface area contributed by atoms with Gasteiger partial charge in [0, 0.05) is 23.7 Å². The van der Waals surface area contributed by atoms with E-state index in [0.29, 0.717) is 29.0 Å². The average Bonchev–Trinajstić information content (AvgIpc) is 3.21. The quantitative estimate of drug-likeness (QED) is 0.610. The third-order valence-corrected chi connectivity index (χ3v) is 8.42. The van der Waals surface area contributed by atoms with E-state index in [9.17, 15) is 18.0 Å². The maximum absolute atomic E-state index is 12.7. The van der Waals surface area contributed by atoms with E-state index in [1.807, 2.05) is 13.0 Å². The third kappa shape index (κ3) is 4.56. The van der Waals surface area contributed by atoms with Gasteiger partial charge in [-0.1, -0.05) is 13.3 Å². The Bertz CT molecular complexity index is 1260. The number of aryl methyl sites for hydroxylation is 1. The number of carbonyl (C=O) groups excluding carboxylic acids is 1. The van der Waals surface area contributed by atoms with Crippen molar-refractivity contribution in [2.24, 2.45) is 0 Å². The van der Waals surface area contributed by atoms with Crippen molar-refractivity contribution in [3.05, 3.63) is 51.9 Å². The lowest BCUT2D eigenvalue weighted by Gasteiger charge is -2.25. The summed E-state index contributed by atoms with van der Waals surface area (Å²) >= 11 is 1.48. The monoisotopic (exact) mass is 460 g/mol. The maximum Gasteiger partial charge on any atom is 0.262 e. The second-order valence-corrected chi connectivity index (χ2v) is 10.6. The summed E-state index contributed by atoms with van der Waals surface area (Å²) in [5, 5.41) is 3.23. The Morgan fingerprint density at radius 1 is 1.16 bits per heavy atom. The number of hydrogen-bond donors (Lipinski definition) is 1. The van der Waals surface area contributed by atoms with Crippen molar-refractivity contribution in [1.82, 2.24) is 13.9 Å². The van der Waals surface area contributed by atoms with E-state index in [1.54, 1.807) is 12.1 Å². The molecule has 0 unspecified atom stereocenters. The van der Waals surface area contributed by atoms with Gasteiger partial charge in [-0.25, -0.2) is 13.4 Å². The van der Waals surface area contributed by atoms with Gasteiger partial charge in [-0.2, -0.15) is 4.31 Å². The number of nitrogens with one attached hydrogen (secondary N) is 1. The van der Waals surface area contributed by atoms with Crippen molar-refractivity contribution in [1.29, 1.82) is 0 Å². The smallest absolute Gasteiger partial charge is 0.262 e. The molecule has 3 aromatic rings. The molecule has 1 N–H and O–H groups in total. The second kappa shape index (κ2) is 8.89. The standard InChI is InChI=1S/C21H24N4O4S2/c1-2-16-12-18-20(30-16)22-14-24(21(18)27)13-19(26)23-15-6-8-17(9-7-15)31(28,29)25-10-4-3-5-11-25/h6-9,12,14H,2-5,10-11,13H2,1H3,(H,23,26). The number of aromatic nitrogens is 2. The number of sulfonamides is 1. The van der Waals surface area contributed by atoms with Crippen LogP contribution in [-0.4, -0.2) is 41.3 Å². The Morgan fingerprint density at radius 3 is 2.55 bits per heavy atom. The van der Waals surface area contributed by atoms with Crippen LogP contribution in [0.2, 0.25) is 0 Å². The summed E-state index contributed by atoms with van der Waals surface area (Å²) < 4.78 is 28.2. The number of benzene rings is 1. The first kappa shape index (κ1) is 21.7. The molecule has 0 aliphatic carbocycles. The fraction of sp³-hybridized carbons (Fsp3) is 0.381. The minimum atomic E-state index is -3.51. The van der Waals surface area contributed by atoms with E-state index in [0.717, 1.165) is 30.6 Å². The highest BCUT2D eigenvalue weighted by Crippen LogP contribution is 2.22. The zero-order chi connectivity index (χ0) is 22.0. The Kier molecular flexibility index (Phi) is 6.22. The van der Waals surface area contributed by atoms with Crippen molar-refractivity contribution < 1.29 is 13.2 Å². The fourth-order valence-corrected chi connectivity index (χ4v) is 6.06. The molecular weight excluding hydrogens is 436 g/mol. The Morgan fingerprint density at radius 2 is 1.87 bits per heavy atom. The molecule has 1 aliphatic rings. The van der Waals surface area contributed by atoms with Gasteiger partial charge in [0.1, 0.15) is 11.4 Å². The number of rotatable bonds is 6. The number of nitrogens with zero attached hydrogens (tertiary/aromatic N) is 3. The largest absolute Gasteiger partial charge is 0.325 e. The van der Waals surface area contributed by atoms with E-state index in [1.165, 1.54) is 38.7 Å². The zero-order valence-corrected chi connectivity index (χ0v) is 18.8. The molecule has 1 aromatic carbocycles. The molecule has 31 heavy (non-hydrogen) atoms. The first-order chi connectivity index (χ1) is 14.9. The van der Waals surface area contributed by atoms with Gasteiger partial charge in [0.2, 0.25) is 15.9 Å². The molecule has 1 amide bonds. The van der Waals surface area contributed by atoms with Gasteiger partial charge < -0.3 is 5.32 Å².